The molecule has 2 aromatic rings. The maximum Gasteiger partial charge on any atom is 0.416 e. The van der Waals surface area contributed by atoms with Gasteiger partial charge in [0.05, 0.1) is 16.9 Å². The number of amides is 1. The molecule has 0 aliphatic carbocycles. The van der Waals surface area contributed by atoms with Gasteiger partial charge >= 0.3 is 12.3 Å². The number of alkyl carbamates (subject to hydrolysis) is 1. The highest BCUT2D eigenvalue weighted by Crippen LogP contribution is 2.49. The Morgan fingerprint density at radius 1 is 1.05 bits per heavy atom. The summed E-state index contributed by atoms with van der Waals surface area (Å²) in [5.74, 6) is -0.162. The normalized spacial score (nSPS) is 17.2. The van der Waals surface area contributed by atoms with Crippen LogP contribution in [0.15, 0.2) is 52.3 Å². The summed E-state index contributed by atoms with van der Waals surface area (Å²) < 4.78 is 45.9. The molecule has 0 unspecified atom stereocenters. The first kappa shape index (κ1) is 27.3. The van der Waals surface area contributed by atoms with E-state index >= 15 is 0 Å². The molecule has 0 bridgehead atoms. The van der Waals surface area contributed by atoms with Gasteiger partial charge in [0, 0.05) is 48.3 Å². The van der Waals surface area contributed by atoms with E-state index in [0.29, 0.717) is 44.7 Å². The largest absolute Gasteiger partial charge is 0.435 e. The summed E-state index contributed by atoms with van der Waals surface area (Å²) in [6.45, 7) is 7.56. The highest BCUT2D eigenvalue weighted by atomic mass is 32.2. The number of hydrogen-bond donors (Lipinski definition) is 1. The summed E-state index contributed by atoms with van der Waals surface area (Å²) in [6, 6.07) is 11.6. The summed E-state index contributed by atoms with van der Waals surface area (Å²) in [5, 5.41) is 2.68. The number of rotatable bonds is 7. The van der Waals surface area contributed by atoms with E-state index in [4.69, 9.17) is 4.74 Å². The van der Waals surface area contributed by atoms with Gasteiger partial charge in [0.25, 0.3) is 0 Å². The van der Waals surface area contributed by atoms with E-state index in [2.05, 4.69) is 10.2 Å². The number of ether oxygens (including phenoxy) is 1. The number of ketones is 1. The number of halogens is 3. The van der Waals surface area contributed by atoms with Gasteiger partial charge in [-0.2, -0.15) is 13.2 Å². The van der Waals surface area contributed by atoms with Crippen LogP contribution >= 0.6 is 11.8 Å². The van der Waals surface area contributed by atoms with Crippen LogP contribution in [0.2, 0.25) is 0 Å². The fourth-order valence-corrected chi connectivity index (χ4v) is 5.88. The first-order valence-electron chi connectivity index (χ1n) is 12.5. The summed E-state index contributed by atoms with van der Waals surface area (Å²) in [4.78, 5) is 30.6. The van der Waals surface area contributed by atoms with Crippen molar-refractivity contribution in [2.75, 3.05) is 31.1 Å². The van der Waals surface area contributed by atoms with E-state index < -0.39 is 23.4 Å². The average molecular weight is 536 g/mol. The monoisotopic (exact) mass is 535 g/mol. The van der Waals surface area contributed by atoms with Crippen molar-refractivity contribution in [3.63, 3.8) is 0 Å². The number of piperidine rings is 1. The van der Waals surface area contributed by atoms with Crippen molar-refractivity contribution in [2.24, 2.45) is 0 Å². The van der Waals surface area contributed by atoms with Crippen LogP contribution in [0.5, 0.6) is 0 Å². The fourth-order valence-electron chi connectivity index (χ4n) is 4.81. The van der Waals surface area contributed by atoms with E-state index in [0.717, 1.165) is 28.0 Å². The van der Waals surface area contributed by atoms with Gasteiger partial charge in [-0.05, 0) is 64.1 Å². The predicted octanol–water partition coefficient (Wildman–Crippen LogP) is 6.26. The molecule has 10 heteroatoms. The predicted molar refractivity (Wildman–Crippen MR) is 137 cm³/mol. The minimum atomic E-state index is -4.41. The smallest absolute Gasteiger partial charge is 0.416 e. The molecule has 2 aliphatic rings. The molecule has 0 spiro atoms. The number of carbonyl (C=O) groups is 2. The number of hydrogen-bond acceptors (Lipinski definition) is 6. The van der Waals surface area contributed by atoms with Gasteiger partial charge in [-0.25, -0.2) is 4.79 Å². The zero-order valence-electron chi connectivity index (χ0n) is 21.2. The van der Waals surface area contributed by atoms with Crippen LogP contribution in [0.3, 0.4) is 0 Å². The van der Waals surface area contributed by atoms with Gasteiger partial charge in [-0.3, -0.25) is 4.79 Å². The van der Waals surface area contributed by atoms with E-state index in [9.17, 15) is 22.8 Å². The second-order valence-electron chi connectivity index (χ2n) is 9.84. The number of anilines is 2. The fraction of sp³-hybridized carbons (Fsp3) is 0.481. The number of carbonyl (C=O) groups excluding carboxylic acids is 2. The molecule has 0 atom stereocenters. The van der Waals surface area contributed by atoms with Crippen LogP contribution in [-0.2, 0) is 15.7 Å². The van der Waals surface area contributed by atoms with Crippen LogP contribution in [0.4, 0.5) is 29.3 Å². The van der Waals surface area contributed by atoms with Crippen molar-refractivity contribution in [2.45, 2.75) is 67.6 Å². The molecule has 2 aliphatic heterocycles. The third kappa shape index (κ3) is 6.23. The number of nitrogens with one attached hydrogen (secondary N) is 1. The van der Waals surface area contributed by atoms with Gasteiger partial charge in [-0.1, -0.05) is 23.9 Å². The molecule has 0 saturated carbocycles. The Bertz CT molecular complexity index is 1150. The number of likely N-dealkylation sites (tertiary alicyclic amines) is 1. The van der Waals surface area contributed by atoms with E-state index in [1.54, 1.807) is 6.07 Å². The topological polar surface area (TPSA) is 61.9 Å². The van der Waals surface area contributed by atoms with Gasteiger partial charge in [0.2, 0.25) is 0 Å². The molecule has 200 valence electrons. The summed E-state index contributed by atoms with van der Waals surface area (Å²) >= 11 is 1.48. The Hall–Kier alpha value is -2.72. The molecule has 2 heterocycles. The number of para-hydroxylation sites is 1. The Morgan fingerprint density at radius 2 is 1.73 bits per heavy atom. The lowest BCUT2D eigenvalue weighted by molar-refractivity contribution is -0.140. The number of nitrogens with zero attached hydrogens (tertiary/aromatic N) is 2. The summed E-state index contributed by atoms with van der Waals surface area (Å²) in [7, 11) is 0. The molecule has 37 heavy (non-hydrogen) atoms. The Balaban J connectivity index is 1.41. The molecule has 0 radical (unpaired) electrons. The molecular weight excluding hydrogens is 503 g/mol. The van der Waals surface area contributed by atoms with Crippen LogP contribution in [-0.4, -0.2) is 54.6 Å². The zero-order valence-corrected chi connectivity index (χ0v) is 22.0. The van der Waals surface area contributed by atoms with Crippen LogP contribution < -0.4 is 10.2 Å². The quantitative estimate of drug-likeness (QED) is 0.452. The minimum absolute atomic E-state index is 0.0905. The Labute approximate surface area is 219 Å². The van der Waals surface area contributed by atoms with Crippen molar-refractivity contribution in [1.82, 2.24) is 10.2 Å². The average Bonchev–Trinajstić information content (AvgIpc) is 2.83. The lowest BCUT2D eigenvalue weighted by atomic mass is 9.87. The van der Waals surface area contributed by atoms with Crippen molar-refractivity contribution >= 4 is 35.0 Å². The van der Waals surface area contributed by atoms with Gasteiger partial charge < -0.3 is 19.9 Å². The van der Waals surface area contributed by atoms with Crippen molar-refractivity contribution in [3.8, 4) is 0 Å². The van der Waals surface area contributed by atoms with Crippen molar-refractivity contribution in [3.05, 3.63) is 48.0 Å². The summed E-state index contributed by atoms with van der Waals surface area (Å²) in [6.07, 6.45) is -3.45. The lowest BCUT2D eigenvalue weighted by Gasteiger charge is -2.40. The van der Waals surface area contributed by atoms with Gasteiger partial charge in [0.15, 0.2) is 11.4 Å². The van der Waals surface area contributed by atoms with Gasteiger partial charge in [0.1, 0.15) is 0 Å². The SMILES string of the molecule is CC(=O)C1(OC(=O)NC(C)C)CCN(CCCN2c3ccccc3Sc3ccc(C(F)(F)F)cc32)CC1. The van der Waals surface area contributed by atoms with Gasteiger partial charge in [-0.15, -0.1) is 0 Å². The Morgan fingerprint density at radius 3 is 2.38 bits per heavy atom. The Kier molecular flexibility index (Phi) is 8.08. The van der Waals surface area contributed by atoms with E-state index in [1.165, 1.54) is 24.8 Å². The van der Waals surface area contributed by atoms with Crippen LogP contribution in [0.1, 0.15) is 45.6 Å². The van der Waals surface area contributed by atoms with E-state index in [-0.39, 0.29) is 11.8 Å². The highest BCUT2D eigenvalue weighted by Gasteiger charge is 2.42. The number of benzene rings is 2. The molecule has 4 rings (SSSR count). The van der Waals surface area contributed by atoms with Crippen molar-refractivity contribution in [1.29, 1.82) is 0 Å². The zero-order chi connectivity index (χ0) is 26.8. The maximum atomic E-state index is 13.4. The molecule has 0 aromatic heterocycles. The number of fused-ring (bicyclic) bond motifs is 2. The first-order valence-corrected chi connectivity index (χ1v) is 13.3. The lowest BCUT2D eigenvalue weighted by Crippen LogP contribution is -2.53. The molecule has 1 amide bonds. The maximum absolute atomic E-state index is 13.4. The minimum Gasteiger partial charge on any atom is -0.435 e. The molecule has 6 nitrogen and oxygen atoms in total. The highest BCUT2D eigenvalue weighted by molar-refractivity contribution is 7.99. The molecule has 2 aromatic carbocycles. The standard InChI is InChI=1S/C27H32F3N3O3S/c1-18(2)31-25(35)36-26(19(3)34)11-15-32(16-12-26)13-6-14-33-21-7-4-5-8-23(21)37-24-10-9-20(17-22(24)33)27(28,29)30/h4-5,7-10,17-18H,6,11-16H2,1-3H3,(H,31,35). The second-order valence-corrected chi connectivity index (χ2v) is 10.9. The third-order valence-electron chi connectivity index (χ3n) is 6.81. The molecular formula is C27H32F3N3O3S. The van der Waals surface area contributed by atoms with Crippen molar-refractivity contribution < 1.29 is 27.5 Å². The molecule has 1 fully saturated rings. The molecule has 1 saturated heterocycles. The second kappa shape index (κ2) is 10.9. The van der Waals surface area contributed by atoms with E-state index in [1.807, 2.05) is 43.0 Å². The first-order chi connectivity index (χ1) is 17.5. The van der Waals surface area contributed by atoms with Crippen LogP contribution in [0.25, 0.3) is 0 Å². The summed E-state index contributed by atoms with van der Waals surface area (Å²) in [5.41, 5.74) is -0.310. The molecule has 1 N–H and O–H groups in total. The van der Waals surface area contributed by atoms with Crippen LogP contribution in [0, 0.1) is 0 Å². The third-order valence-corrected chi connectivity index (χ3v) is 7.94. The number of alkyl halides is 3. The number of Topliss-reactive ketones (excluding diaryl/α,β-unsaturated/α-hetero) is 1.